The summed E-state index contributed by atoms with van der Waals surface area (Å²) in [5.41, 5.74) is 8.81. The van der Waals surface area contributed by atoms with E-state index in [4.69, 9.17) is 0 Å². The molecule has 0 aliphatic heterocycles. The van der Waals surface area contributed by atoms with E-state index in [1.165, 1.54) is 25.7 Å². The fourth-order valence-electron chi connectivity index (χ4n) is 6.66. The number of hydrogen-bond acceptors (Lipinski definition) is 3. The minimum Gasteiger partial charge on any atom is -0.307 e. The van der Waals surface area contributed by atoms with Crippen molar-refractivity contribution >= 4 is 53.3 Å². The molecule has 0 saturated carbocycles. The Bertz CT molecular complexity index is 2550. The van der Waals surface area contributed by atoms with Crippen LogP contribution >= 0.6 is 11.3 Å². The van der Waals surface area contributed by atoms with Gasteiger partial charge in [0.15, 0.2) is 0 Å². The third-order valence-electron chi connectivity index (χ3n) is 9.02. The van der Waals surface area contributed by atoms with Crippen molar-refractivity contribution in [3.63, 3.8) is 0 Å². The number of nitriles is 2. The van der Waals surface area contributed by atoms with E-state index in [2.05, 4.69) is 141 Å². The lowest BCUT2D eigenvalue weighted by Gasteiger charge is -2.19. The van der Waals surface area contributed by atoms with E-state index in [0.717, 1.165) is 44.1 Å². The molecule has 0 saturated heterocycles. The zero-order chi connectivity index (χ0) is 31.6. The van der Waals surface area contributed by atoms with Gasteiger partial charge < -0.3 is 4.57 Å². The van der Waals surface area contributed by atoms with Crippen LogP contribution < -0.4 is 0 Å². The smallest absolute Gasteiger partial charge is 0.101 e. The molecule has 0 aliphatic rings. The van der Waals surface area contributed by atoms with E-state index < -0.39 is 0 Å². The van der Waals surface area contributed by atoms with Crippen molar-refractivity contribution in [3.05, 3.63) is 138 Å². The molecule has 218 valence electrons. The van der Waals surface area contributed by atoms with Gasteiger partial charge in [-0.2, -0.15) is 10.5 Å². The van der Waals surface area contributed by atoms with Gasteiger partial charge in [-0.15, -0.1) is 11.3 Å². The lowest BCUT2D eigenvalue weighted by molar-refractivity contribution is 0.591. The maximum absolute atomic E-state index is 10.6. The Morgan fingerprint density at radius 3 is 1.85 bits per heavy atom. The van der Waals surface area contributed by atoms with Crippen LogP contribution in [0.4, 0.5) is 0 Å². The van der Waals surface area contributed by atoms with E-state index in [-0.39, 0.29) is 5.41 Å². The molecular weight excluding hydrogens is 579 g/mol. The summed E-state index contributed by atoms with van der Waals surface area (Å²) in [6.45, 7) is 6.66. The molecule has 0 bridgehead atoms. The van der Waals surface area contributed by atoms with Gasteiger partial charge >= 0.3 is 0 Å². The summed E-state index contributed by atoms with van der Waals surface area (Å²) in [5.74, 6) is 0. The van der Waals surface area contributed by atoms with Crippen LogP contribution in [0.1, 0.15) is 37.5 Å². The van der Waals surface area contributed by atoms with Crippen LogP contribution in [0.5, 0.6) is 0 Å². The Hall–Kier alpha value is -5.68. The van der Waals surface area contributed by atoms with Gasteiger partial charge in [-0.3, -0.25) is 0 Å². The van der Waals surface area contributed by atoms with Crippen molar-refractivity contribution in [2.24, 2.45) is 0 Å². The van der Waals surface area contributed by atoms with Crippen LogP contribution in [0.3, 0.4) is 0 Å². The second-order valence-corrected chi connectivity index (χ2v) is 14.0. The number of hydrogen-bond donors (Lipinski definition) is 0. The third-order valence-corrected chi connectivity index (χ3v) is 10.2. The second-order valence-electron chi connectivity index (χ2n) is 12.9. The van der Waals surface area contributed by atoms with Gasteiger partial charge in [0.2, 0.25) is 0 Å². The Kier molecular flexibility index (Phi) is 6.33. The molecular formula is C42H29N3S. The fraction of sp³-hybridized carbons (Fsp3) is 0.0952. The number of thiophene rings is 1. The quantitative estimate of drug-likeness (QED) is 0.201. The molecule has 0 atom stereocenters. The summed E-state index contributed by atoms with van der Waals surface area (Å²) in [7, 11) is 0. The van der Waals surface area contributed by atoms with Crippen LogP contribution in [-0.4, -0.2) is 4.57 Å². The largest absolute Gasteiger partial charge is 0.307 e. The van der Waals surface area contributed by atoms with Crippen LogP contribution in [0.2, 0.25) is 0 Å². The Labute approximate surface area is 271 Å². The molecule has 0 N–H and O–H groups in total. The van der Waals surface area contributed by atoms with Crippen molar-refractivity contribution < 1.29 is 0 Å². The molecule has 2 heterocycles. The van der Waals surface area contributed by atoms with Crippen molar-refractivity contribution in [1.29, 1.82) is 10.5 Å². The van der Waals surface area contributed by atoms with Crippen molar-refractivity contribution in [2.45, 2.75) is 26.2 Å². The standard InChI is InChI=1S/C42H29N3S/c1-42(2,3)32-15-18-38-36(23-32)35-21-27(26-9-5-4-6-10-26)14-17-37(35)45(38)41-30(24-43)19-29(20-31(41)25-44)28-13-16-34-33-11-7-8-12-39(33)46-40(34)22-28/h4-23H,1-3H3. The van der Waals surface area contributed by atoms with E-state index in [1.54, 1.807) is 11.3 Å². The maximum atomic E-state index is 10.6. The predicted octanol–water partition coefficient (Wildman–Crippen LogP) is 11.5. The van der Waals surface area contributed by atoms with Crippen LogP contribution in [0, 0.1) is 22.7 Å². The highest BCUT2D eigenvalue weighted by atomic mass is 32.1. The van der Waals surface area contributed by atoms with Crippen molar-refractivity contribution in [3.8, 4) is 40.1 Å². The van der Waals surface area contributed by atoms with E-state index in [0.29, 0.717) is 16.8 Å². The van der Waals surface area contributed by atoms with Crippen LogP contribution in [0.15, 0.2) is 121 Å². The van der Waals surface area contributed by atoms with Gasteiger partial charge in [0.1, 0.15) is 12.1 Å². The lowest BCUT2D eigenvalue weighted by atomic mass is 9.86. The molecule has 8 rings (SSSR count). The minimum absolute atomic E-state index is 0.0353. The molecule has 0 fully saturated rings. The highest BCUT2D eigenvalue weighted by Gasteiger charge is 2.22. The Morgan fingerprint density at radius 1 is 0.522 bits per heavy atom. The molecule has 2 aromatic heterocycles. The van der Waals surface area contributed by atoms with Crippen LogP contribution in [0.25, 0.3) is 69.9 Å². The predicted molar refractivity (Wildman–Crippen MR) is 193 cm³/mol. The summed E-state index contributed by atoms with van der Waals surface area (Å²) in [6.07, 6.45) is 0. The molecule has 4 heteroatoms. The van der Waals surface area contributed by atoms with E-state index >= 15 is 0 Å². The summed E-state index contributed by atoms with van der Waals surface area (Å²) in [4.78, 5) is 0. The van der Waals surface area contributed by atoms with Crippen molar-refractivity contribution in [1.82, 2.24) is 4.57 Å². The number of nitrogens with zero attached hydrogens (tertiary/aromatic N) is 3. The SMILES string of the molecule is CC(C)(C)c1ccc2c(c1)c1cc(-c3ccccc3)ccc1n2-c1c(C#N)cc(-c2ccc3c(c2)sc2ccccc23)cc1C#N. The van der Waals surface area contributed by atoms with E-state index in [1.807, 2.05) is 18.2 Å². The molecule has 0 unspecified atom stereocenters. The average molecular weight is 608 g/mol. The molecule has 6 aromatic carbocycles. The molecule has 0 aliphatic carbocycles. The average Bonchev–Trinajstić information content (AvgIpc) is 3.62. The number of benzene rings is 6. The number of fused-ring (bicyclic) bond motifs is 6. The highest BCUT2D eigenvalue weighted by molar-refractivity contribution is 7.25. The second kappa shape index (κ2) is 10.5. The Morgan fingerprint density at radius 2 is 1.13 bits per heavy atom. The van der Waals surface area contributed by atoms with E-state index in [9.17, 15) is 10.5 Å². The van der Waals surface area contributed by atoms with Crippen molar-refractivity contribution in [2.75, 3.05) is 0 Å². The number of aromatic nitrogens is 1. The van der Waals surface area contributed by atoms with Gasteiger partial charge in [0, 0.05) is 30.9 Å². The summed E-state index contributed by atoms with van der Waals surface area (Å²) in [6, 6.07) is 47.1. The normalized spacial score (nSPS) is 11.8. The molecule has 0 radical (unpaired) electrons. The first-order valence-electron chi connectivity index (χ1n) is 15.4. The topological polar surface area (TPSA) is 52.5 Å². The van der Waals surface area contributed by atoms with Gasteiger partial charge in [0.25, 0.3) is 0 Å². The lowest BCUT2D eigenvalue weighted by Crippen LogP contribution is -2.10. The zero-order valence-electron chi connectivity index (χ0n) is 25.8. The Balaban J connectivity index is 1.38. The maximum Gasteiger partial charge on any atom is 0.101 e. The van der Waals surface area contributed by atoms with Gasteiger partial charge in [-0.1, -0.05) is 93.6 Å². The van der Waals surface area contributed by atoms with Gasteiger partial charge in [-0.05, 0) is 81.8 Å². The molecule has 3 nitrogen and oxygen atoms in total. The first kappa shape index (κ1) is 27.8. The zero-order valence-corrected chi connectivity index (χ0v) is 26.6. The molecule has 8 aromatic rings. The third kappa shape index (κ3) is 4.39. The van der Waals surface area contributed by atoms with Gasteiger partial charge in [-0.25, -0.2) is 0 Å². The summed E-state index contributed by atoms with van der Waals surface area (Å²) in [5, 5.41) is 25.8. The summed E-state index contributed by atoms with van der Waals surface area (Å²) < 4.78 is 4.55. The minimum atomic E-state index is -0.0353. The first-order chi connectivity index (χ1) is 22.3. The highest BCUT2D eigenvalue weighted by Crippen LogP contribution is 2.41. The fourth-order valence-corrected chi connectivity index (χ4v) is 7.80. The number of rotatable bonds is 3. The van der Waals surface area contributed by atoms with Gasteiger partial charge in [0.05, 0.1) is 27.8 Å². The first-order valence-corrected chi connectivity index (χ1v) is 16.2. The van der Waals surface area contributed by atoms with Crippen LogP contribution in [-0.2, 0) is 5.41 Å². The molecule has 46 heavy (non-hydrogen) atoms. The summed E-state index contributed by atoms with van der Waals surface area (Å²) >= 11 is 1.76. The monoisotopic (exact) mass is 607 g/mol. The molecule has 0 amide bonds. The molecule has 0 spiro atoms.